The number of benzene rings is 1. The summed E-state index contributed by atoms with van der Waals surface area (Å²) >= 11 is 0. The first-order valence-electron chi connectivity index (χ1n) is 9.04. The van der Waals surface area contributed by atoms with Gasteiger partial charge < -0.3 is 16.4 Å². The normalized spacial score (nSPS) is 22.3. The minimum atomic E-state index is -4.04. The number of urea groups is 1. The van der Waals surface area contributed by atoms with Crippen LogP contribution in [0.2, 0.25) is 0 Å². The van der Waals surface area contributed by atoms with Gasteiger partial charge >= 0.3 is 6.03 Å². The molecule has 0 radical (unpaired) electrons. The Hall–Kier alpha value is -2.88. The van der Waals surface area contributed by atoms with Gasteiger partial charge in [-0.05, 0) is 30.5 Å². The van der Waals surface area contributed by atoms with Crippen molar-refractivity contribution in [2.24, 2.45) is 10.7 Å². The van der Waals surface area contributed by atoms with E-state index in [-0.39, 0.29) is 10.9 Å². The first kappa shape index (κ1) is 19.9. The van der Waals surface area contributed by atoms with Crippen LogP contribution in [-0.2, 0) is 20.4 Å². The van der Waals surface area contributed by atoms with Gasteiger partial charge in [0.2, 0.25) is 0 Å². The molecule has 1 saturated carbocycles. The molecule has 2 aliphatic rings. The van der Waals surface area contributed by atoms with Gasteiger partial charge in [0.15, 0.2) is 5.54 Å². The molecule has 0 spiro atoms. The summed E-state index contributed by atoms with van der Waals surface area (Å²) in [5, 5.41) is 5.55. The summed E-state index contributed by atoms with van der Waals surface area (Å²) in [6.07, 6.45) is 9.17. The average Bonchev–Trinajstić information content (AvgIpc) is 2.69. The minimum Gasteiger partial charge on any atom is -0.368 e. The van der Waals surface area contributed by atoms with E-state index in [2.05, 4.69) is 15.6 Å². The molecule has 28 heavy (non-hydrogen) atoms. The molecule has 3 amide bonds. The van der Waals surface area contributed by atoms with Crippen molar-refractivity contribution >= 4 is 28.2 Å². The summed E-state index contributed by atoms with van der Waals surface area (Å²) in [5.41, 5.74) is 4.57. The van der Waals surface area contributed by atoms with Gasteiger partial charge in [0, 0.05) is 24.7 Å². The van der Waals surface area contributed by atoms with E-state index in [1.807, 2.05) is 4.72 Å². The summed E-state index contributed by atoms with van der Waals surface area (Å²) < 4.78 is 27.0. The van der Waals surface area contributed by atoms with Crippen molar-refractivity contribution in [3.8, 4) is 0 Å². The fraction of sp³-hybridized carbons (Fsp3) is 0.389. The van der Waals surface area contributed by atoms with Crippen LogP contribution >= 0.6 is 0 Å². The molecule has 1 unspecified atom stereocenters. The highest BCUT2D eigenvalue weighted by molar-refractivity contribution is 7.90. The third-order valence-corrected chi connectivity index (χ3v) is 6.26. The molecule has 1 aliphatic carbocycles. The maximum absolute atomic E-state index is 12.5. The predicted octanol–water partition coefficient (Wildman–Crippen LogP) is 0.833. The van der Waals surface area contributed by atoms with Gasteiger partial charge in [-0.15, -0.1) is 0 Å². The van der Waals surface area contributed by atoms with Crippen LogP contribution in [0.3, 0.4) is 0 Å². The van der Waals surface area contributed by atoms with Crippen molar-refractivity contribution < 1.29 is 18.0 Å². The zero-order valence-electron chi connectivity index (χ0n) is 15.2. The van der Waals surface area contributed by atoms with Crippen LogP contribution in [0.1, 0.15) is 37.7 Å². The number of hydrogen-bond donors (Lipinski definition) is 4. The molecule has 1 aromatic rings. The van der Waals surface area contributed by atoms with Gasteiger partial charge in [0.05, 0.1) is 4.90 Å². The summed E-state index contributed by atoms with van der Waals surface area (Å²) in [6.45, 7) is 0. The number of rotatable bonds is 5. The van der Waals surface area contributed by atoms with Crippen LogP contribution < -0.4 is 21.1 Å². The van der Waals surface area contributed by atoms with E-state index in [9.17, 15) is 18.0 Å². The highest BCUT2D eigenvalue weighted by Crippen LogP contribution is 2.23. The minimum absolute atomic E-state index is 0.00790. The molecule has 3 rings (SSSR count). The summed E-state index contributed by atoms with van der Waals surface area (Å²) in [4.78, 5) is 27.8. The number of nitrogens with zero attached hydrogens (tertiary/aromatic N) is 1. The lowest BCUT2D eigenvalue weighted by molar-refractivity contribution is -0.121. The Balaban J connectivity index is 1.72. The van der Waals surface area contributed by atoms with Crippen molar-refractivity contribution in [3.63, 3.8) is 0 Å². The van der Waals surface area contributed by atoms with E-state index >= 15 is 0 Å². The van der Waals surface area contributed by atoms with E-state index in [0.717, 1.165) is 32.1 Å². The highest BCUT2D eigenvalue weighted by Gasteiger charge is 2.37. The number of nitrogens with two attached hydrogens (primary N) is 1. The van der Waals surface area contributed by atoms with E-state index < -0.39 is 27.5 Å². The van der Waals surface area contributed by atoms with Gasteiger partial charge in [0.25, 0.3) is 15.9 Å². The lowest BCUT2D eigenvalue weighted by Gasteiger charge is -2.29. The number of sulfonamides is 1. The van der Waals surface area contributed by atoms with E-state index in [4.69, 9.17) is 5.73 Å². The van der Waals surface area contributed by atoms with Gasteiger partial charge in [-0.1, -0.05) is 31.4 Å². The summed E-state index contributed by atoms with van der Waals surface area (Å²) in [6, 6.07) is 4.78. The molecule has 9 nitrogen and oxygen atoms in total. The molecule has 1 aromatic carbocycles. The van der Waals surface area contributed by atoms with Gasteiger partial charge in [-0.2, -0.15) is 0 Å². The monoisotopic (exact) mass is 405 g/mol. The lowest BCUT2D eigenvalue weighted by atomic mass is 9.90. The fourth-order valence-corrected chi connectivity index (χ4v) is 4.29. The Labute approximate surface area is 163 Å². The van der Waals surface area contributed by atoms with Crippen LogP contribution in [0.5, 0.6) is 0 Å². The molecule has 10 heteroatoms. The number of hydrogen-bond acceptors (Lipinski definition) is 6. The van der Waals surface area contributed by atoms with Crippen molar-refractivity contribution in [1.82, 2.24) is 15.4 Å². The van der Waals surface area contributed by atoms with Gasteiger partial charge in [0.1, 0.15) is 0 Å². The number of carbonyl (C=O) groups is 2. The first-order chi connectivity index (χ1) is 13.3. The fourth-order valence-electron chi connectivity index (χ4n) is 3.38. The number of primary amides is 1. The highest BCUT2D eigenvalue weighted by atomic mass is 32.2. The number of nitrogens with one attached hydrogen (secondary N) is 3. The zero-order chi connectivity index (χ0) is 20.2. The molecular weight excluding hydrogens is 382 g/mol. The SMILES string of the molecule is NC(=O)C1(c2ccc(S(=O)(=O)NC(=O)NC3CCCCC3)cc2)C=NC=CN1. The lowest BCUT2D eigenvalue weighted by Crippen LogP contribution is -2.53. The third kappa shape index (κ3) is 4.16. The second kappa shape index (κ2) is 8.01. The molecule has 150 valence electrons. The summed E-state index contributed by atoms with van der Waals surface area (Å²) in [5.74, 6) is -0.679. The average molecular weight is 405 g/mol. The standard InChI is InChI=1S/C18H23N5O4S/c19-16(24)18(12-20-10-11-21-18)13-6-8-15(9-7-13)28(26,27)23-17(25)22-14-4-2-1-3-5-14/h6-12,14,21H,1-5H2,(H2,19,24)(H2,22,23,25). The van der Waals surface area contributed by atoms with E-state index in [1.165, 1.54) is 42.9 Å². The van der Waals surface area contributed by atoms with Crippen molar-refractivity contribution in [2.45, 2.75) is 48.6 Å². The van der Waals surface area contributed by atoms with Gasteiger partial charge in [-0.3, -0.25) is 9.79 Å². The van der Waals surface area contributed by atoms with Crippen molar-refractivity contribution in [3.05, 3.63) is 42.2 Å². The molecule has 1 atom stereocenters. The molecule has 1 fully saturated rings. The second-order valence-corrected chi connectivity index (χ2v) is 8.53. The largest absolute Gasteiger partial charge is 0.368 e. The summed E-state index contributed by atoms with van der Waals surface area (Å²) in [7, 11) is -4.04. The molecule has 1 aliphatic heterocycles. The maximum Gasteiger partial charge on any atom is 0.328 e. The van der Waals surface area contributed by atoms with Crippen molar-refractivity contribution in [2.75, 3.05) is 0 Å². The molecule has 5 N–H and O–H groups in total. The van der Waals surface area contributed by atoms with Crippen LogP contribution in [0.25, 0.3) is 0 Å². The Bertz CT molecular complexity index is 904. The second-order valence-electron chi connectivity index (χ2n) is 6.85. The number of amides is 3. The van der Waals surface area contributed by atoms with E-state index in [0.29, 0.717) is 5.56 Å². The van der Waals surface area contributed by atoms with E-state index in [1.54, 1.807) is 0 Å². The van der Waals surface area contributed by atoms with Gasteiger partial charge in [-0.25, -0.2) is 17.9 Å². The Kier molecular flexibility index (Phi) is 5.68. The Morgan fingerprint density at radius 1 is 1.14 bits per heavy atom. The number of carbonyl (C=O) groups excluding carboxylic acids is 2. The molecule has 1 heterocycles. The maximum atomic E-state index is 12.5. The van der Waals surface area contributed by atoms with Crippen molar-refractivity contribution in [1.29, 1.82) is 0 Å². The quantitative estimate of drug-likeness (QED) is 0.574. The third-order valence-electron chi connectivity index (χ3n) is 4.92. The molecule has 0 saturated heterocycles. The predicted molar refractivity (Wildman–Crippen MR) is 104 cm³/mol. The Morgan fingerprint density at radius 3 is 2.39 bits per heavy atom. The smallest absolute Gasteiger partial charge is 0.328 e. The molecular formula is C18H23N5O4S. The van der Waals surface area contributed by atoms with Crippen LogP contribution in [-0.4, -0.2) is 32.6 Å². The Morgan fingerprint density at radius 2 is 1.82 bits per heavy atom. The van der Waals surface area contributed by atoms with Crippen LogP contribution in [0.15, 0.2) is 46.6 Å². The zero-order valence-corrected chi connectivity index (χ0v) is 16.0. The molecule has 0 bridgehead atoms. The first-order valence-corrected chi connectivity index (χ1v) is 10.5. The number of aliphatic imine (C=N–C) groups is 1. The van der Waals surface area contributed by atoms with Crippen LogP contribution in [0.4, 0.5) is 4.79 Å². The molecule has 0 aromatic heterocycles. The van der Waals surface area contributed by atoms with Crippen LogP contribution in [0, 0.1) is 0 Å². The topological polar surface area (TPSA) is 143 Å².